The first-order chi connectivity index (χ1) is 7.20. The van der Waals surface area contributed by atoms with E-state index in [9.17, 15) is 4.79 Å². The van der Waals surface area contributed by atoms with Crippen LogP contribution in [0.1, 0.15) is 52.4 Å². The van der Waals surface area contributed by atoms with Crippen LogP contribution in [0.15, 0.2) is 0 Å². The molecule has 0 aromatic heterocycles. The highest BCUT2D eigenvalue weighted by molar-refractivity contribution is 5.81. The Hall–Kier alpha value is -0.530. The molecule has 0 aromatic rings. The first-order valence-electron chi connectivity index (χ1n) is 6.50. The molecule has 1 saturated carbocycles. The molecular weight excluding hydrogens is 186 g/mol. The molecule has 0 aromatic carbocycles. The summed E-state index contributed by atoms with van der Waals surface area (Å²) in [5, 5.41) is 0. The van der Waals surface area contributed by atoms with Crippen LogP contribution in [0.3, 0.4) is 0 Å². The number of amides is 1. The second kappa shape index (κ2) is 4.54. The summed E-state index contributed by atoms with van der Waals surface area (Å²) in [6, 6.07) is 0.579. The van der Waals surface area contributed by atoms with Crippen molar-refractivity contribution in [3.63, 3.8) is 0 Å². The minimum Gasteiger partial charge on any atom is -0.339 e. The van der Waals surface area contributed by atoms with Crippen LogP contribution in [-0.2, 0) is 4.79 Å². The van der Waals surface area contributed by atoms with Crippen molar-refractivity contribution in [2.45, 2.75) is 58.4 Å². The molecule has 2 heteroatoms. The van der Waals surface area contributed by atoms with Crippen molar-refractivity contribution >= 4 is 5.91 Å². The largest absolute Gasteiger partial charge is 0.339 e. The summed E-state index contributed by atoms with van der Waals surface area (Å²) in [5.74, 6) is 1.27. The first-order valence-corrected chi connectivity index (χ1v) is 6.50. The smallest absolute Gasteiger partial charge is 0.226 e. The van der Waals surface area contributed by atoms with E-state index in [4.69, 9.17) is 0 Å². The fraction of sp³-hybridized carbons (Fsp3) is 0.923. The van der Waals surface area contributed by atoms with Gasteiger partial charge in [-0.15, -0.1) is 0 Å². The Balaban J connectivity index is 1.96. The molecule has 1 aliphatic carbocycles. The molecule has 86 valence electrons. The van der Waals surface area contributed by atoms with Gasteiger partial charge in [0.05, 0.1) is 0 Å². The molecule has 15 heavy (non-hydrogen) atoms. The van der Waals surface area contributed by atoms with Crippen LogP contribution in [0.4, 0.5) is 0 Å². The second-order valence-electron chi connectivity index (χ2n) is 5.46. The molecule has 2 aliphatic rings. The third kappa shape index (κ3) is 2.19. The van der Waals surface area contributed by atoms with Crippen molar-refractivity contribution in [1.29, 1.82) is 0 Å². The summed E-state index contributed by atoms with van der Waals surface area (Å²) in [6.45, 7) is 5.37. The van der Waals surface area contributed by atoms with E-state index in [1.54, 1.807) is 0 Å². The van der Waals surface area contributed by atoms with E-state index in [0.29, 0.717) is 23.8 Å². The molecule has 0 radical (unpaired) electrons. The summed E-state index contributed by atoms with van der Waals surface area (Å²) < 4.78 is 0. The van der Waals surface area contributed by atoms with Crippen molar-refractivity contribution in [1.82, 2.24) is 4.90 Å². The maximum absolute atomic E-state index is 12.2. The van der Waals surface area contributed by atoms with Crippen LogP contribution < -0.4 is 0 Å². The van der Waals surface area contributed by atoms with Gasteiger partial charge in [-0.1, -0.05) is 33.1 Å². The fourth-order valence-electron chi connectivity index (χ4n) is 3.10. The highest BCUT2D eigenvalue weighted by Crippen LogP contribution is 2.31. The van der Waals surface area contributed by atoms with Crippen molar-refractivity contribution in [3.05, 3.63) is 0 Å². The summed E-state index contributed by atoms with van der Waals surface area (Å²) in [4.78, 5) is 14.4. The highest BCUT2D eigenvalue weighted by atomic mass is 16.2. The number of likely N-dealkylation sites (tertiary alicyclic amines) is 1. The second-order valence-corrected chi connectivity index (χ2v) is 5.46. The maximum Gasteiger partial charge on any atom is 0.226 e. The van der Waals surface area contributed by atoms with Gasteiger partial charge in [0.25, 0.3) is 0 Å². The predicted octanol–water partition coefficient (Wildman–Crippen LogP) is 2.82. The lowest BCUT2D eigenvalue weighted by atomic mass is 9.93. The molecule has 1 aliphatic heterocycles. The van der Waals surface area contributed by atoms with E-state index < -0.39 is 0 Å². The highest BCUT2D eigenvalue weighted by Gasteiger charge is 2.37. The number of hydrogen-bond acceptors (Lipinski definition) is 1. The first kappa shape index (κ1) is 11.0. The SMILES string of the molecule is CC(C)C1CCN(C2CCCCC2)C1=O. The maximum atomic E-state index is 12.2. The monoisotopic (exact) mass is 209 g/mol. The molecule has 1 saturated heterocycles. The molecule has 0 N–H and O–H groups in total. The average molecular weight is 209 g/mol. The number of carbonyl (C=O) groups excluding carboxylic acids is 1. The number of nitrogens with zero attached hydrogens (tertiary/aromatic N) is 1. The Labute approximate surface area is 93.0 Å². The van der Waals surface area contributed by atoms with Gasteiger partial charge in [-0.05, 0) is 25.2 Å². The van der Waals surface area contributed by atoms with Crippen LogP contribution >= 0.6 is 0 Å². The molecule has 1 atom stereocenters. The molecule has 2 rings (SSSR count). The lowest BCUT2D eigenvalue weighted by molar-refractivity contribution is -0.134. The summed E-state index contributed by atoms with van der Waals surface area (Å²) in [5.41, 5.74) is 0. The molecule has 1 heterocycles. The van der Waals surface area contributed by atoms with Crippen molar-refractivity contribution in [2.75, 3.05) is 6.54 Å². The molecule has 2 fully saturated rings. The fourth-order valence-corrected chi connectivity index (χ4v) is 3.10. The minimum atomic E-state index is 0.312. The zero-order valence-electron chi connectivity index (χ0n) is 10.0. The Morgan fingerprint density at radius 3 is 2.33 bits per heavy atom. The standard InChI is InChI=1S/C13H23NO/c1-10(2)12-8-9-14(13(12)15)11-6-4-3-5-7-11/h10-12H,3-9H2,1-2H3. The summed E-state index contributed by atoms with van der Waals surface area (Å²) in [6.07, 6.45) is 7.59. The molecular formula is C13H23NO. The summed E-state index contributed by atoms with van der Waals surface area (Å²) >= 11 is 0. The number of hydrogen-bond donors (Lipinski definition) is 0. The number of rotatable bonds is 2. The Morgan fingerprint density at radius 2 is 1.80 bits per heavy atom. The van der Waals surface area contributed by atoms with Gasteiger partial charge in [0.2, 0.25) is 5.91 Å². The lowest BCUT2D eigenvalue weighted by Crippen LogP contribution is -2.39. The third-order valence-corrected chi connectivity index (χ3v) is 4.10. The lowest BCUT2D eigenvalue weighted by Gasteiger charge is -2.31. The van der Waals surface area contributed by atoms with Crippen LogP contribution in [0, 0.1) is 11.8 Å². The van der Waals surface area contributed by atoms with Crippen LogP contribution in [-0.4, -0.2) is 23.4 Å². The Kier molecular flexibility index (Phi) is 3.32. The quantitative estimate of drug-likeness (QED) is 0.685. The van der Waals surface area contributed by atoms with Crippen LogP contribution in [0.25, 0.3) is 0 Å². The normalized spacial score (nSPS) is 29.1. The van der Waals surface area contributed by atoms with Crippen molar-refractivity contribution < 1.29 is 4.79 Å². The predicted molar refractivity (Wildman–Crippen MR) is 61.5 cm³/mol. The number of carbonyl (C=O) groups is 1. The van der Waals surface area contributed by atoms with Gasteiger partial charge in [0.15, 0.2) is 0 Å². The van der Waals surface area contributed by atoms with Crippen LogP contribution in [0.2, 0.25) is 0 Å². The van der Waals surface area contributed by atoms with Gasteiger partial charge < -0.3 is 4.90 Å². The van der Waals surface area contributed by atoms with E-state index in [-0.39, 0.29) is 0 Å². The van der Waals surface area contributed by atoms with Gasteiger partial charge in [-0.2, -0.15) is 0 Å². The van der Waals surface area contributed by atoms with E-state index in [1.165, 1.54) is 32.1 Å². The van der Waals surface area contributed by atoms with Crippen molar-refractivity contribution in [2.24, 2.45) is 11.8 Å². The third-order valence-electron chi connectivity index (χ3n) is 4.10. The van der Waals surface area contributed by atoms with Gasteiger partial charge in [-0.25, -0.2) is 0 Å². The van der Waals surface area contributed by atoms with E-state index in [1.807, 2.05) is 0 Å². The van der Waals surface area contributed by atoms with E-state index in [2.05, 4.69) is 18.7 Å². The molecule has 0 bridgehead atoms. The zero-order valence-corrected chi connectivity index (χ0v) is 10.0. The van der Waals surface area contributed by atoms with Gasteiger partial charge >= 0.3 is 0 Å². The van der Waals surface area contributed by atoms with E-state index in [0.717, 1.165) is 13.0 Å². The zero-order chi connectivity index (χ0) is 10.8. The molecule has 2 nitrogen and oxygen atoms in total. The molecule has 0 spiro atoms. The Bertz CT molecular complexity index is 231. The Morgan fingerprint density at radius 1 is 1.13 bits per heavy atom. The van der Waals surface area contributed by atoms with Gasteiger partial charge in [0.1, 0.15) is 0 Å². The van der Waals surface area contributed by atoms with Gasteiger partial charge in [0, 0.05) is 18.5 Å². The average Bonchev–Trinajstić information content (AvgIpc) is 2.61. The molecule has 1 unspecified atom stereocenters. The van der Waals surface area contributed by atoms with Crippen LogP contribution in [0.5, 0.6) is 0 Å². The minimum absolute atomic E-state index is 0.312. The van der Waals surface area contributed by atoms with E-state index >= 15 is 0 Å². The topological polar surface area (TPSA) is 20.3 Å². The van der Waals surface area contributed by atoms with Gasteiger partial charge in [-0.3, -0.25) is 4.79 Å². The molecule has 1 amide bonds. The summed E-state index contributed by atoms with van der Waals surface area (Å²) in [7, 11) is 0. The van der Waals surface area contributed by atoms with Crippen molar-refractivity contribution in [3.8, 4) is 0 Å².